The molecule has 1 amide bonds. The molecule has 0 aromatic heterocycles. The lowest BCUT2D eigenvalue weighted by molar-refractivity contribution is -0.118. The minimum atomic E-state index is -3.53. The van der Waals surface area contributed by atoms with Crippen LogP contribution < -0.4 is 14.8 Å². The summed E-state index contributed by atoms with van der Waals surface area (Å²) in [7, 11) is -0.459. The van der Waals surface area contributed by atoms with Gasteiger partial charge in [-0.1, -0.05) is 25.1 Å². The van der Waals surface area contributed by atoms with Crippen LogP contribution in [-0.2, 0) is 26.7 Å². The molecule has 0 radical (unpaired) electrons. The molecule has 1 N–H and O–H groups in total. The van der Waals surface area contributed by atoms with Crippen LogP contribution in [0.4, 0.5) is 5.69 Å². The van der Waals surface area contributed by atoms with Gasteiger partial charge < -0.3 is 14.8 Å². The highest BCUT2D eigenvalue weighted by Gasteiger charge is 2.51. The zero-order valence-corrected chi connectivity index (χ0v) is 21.7. The molecule has 2 aliphatic rings. The van der Waals surface area contributed by atoms with Crippen molar-refractivity contribution in [3.8, 4) is 22.6 Å². The fourth-order valence-electron chi connectivity index (χ4n) is 4.70. The van der Waals surface area contributed by atoms with Crippen LogP contribution in [0.1, 0.15) is 36.5 Å². The molecule has 188 valence electrons. The minimum Gasteiger partial charge on any atom is -0.454 e. The lowest BCUT2D eigenvalue weighted by Gasteiger charge is -2.18. The van der Waals surface area contributed by atoms with Crippen molar-refractivity contribution in [2.45, 2.75) is 43.4 Å². The molecule has 1 aliphatic heterocycles. The largest absolute Gasteiger partial charge is 0.454 e. The van der Waals surface area contributed by atoms with Gasteiger partial charge in [-0.25, -0.2) is 12.7 Å². The summed E-state index contributed by atoms with van der Waals surface area (Å²) in [6, 6.07) is 17.0. The van der Waals surface area contributed by atoms with Gasteiger partial charge in [-0.2, -0.15) is 0 Å². The Kier molecular flexibility index (Phi) is 6.04. The van der Waals surface area contributed by atoms with Crippen LogP contribution in [-0.4, -0.2) is 39.5 Å². The topological polar surface area (TPSA) is 84.9 Å². The molecule has 0 unspecified atom stereocenters. The van der Waals surface area contributed by atoms with Gasteiger partial charge in [-0.15, -0.1) is 0 Å². The molecule has 0 spiro atoms. The average molecular weight is 507 g/mol. The second kappa shape index (κ2) is 8.94. The lowest BCUT2D eigenvalue weighted by Crippen LogP contribution is -2.27. The molecule has 1 saturated carbocycles. The Balaban J connectivity index is 1.43. The van der Waals surface area contributed by atoms with Crippen LogP contribution in [0.25, 0.3) is 11.1 Å². The standard InChI is InChI=1S/C28H30N2O5S/c1-5-19-14-20(7-11-26(19)36(32,33)30(3)4)23-16-22(9-6-18(23)2)29-27(31)28(12-13-28)21-8-10-24-25(15-21)35-17-34-24/h6-11,14-16H,5,12-13,17H2,1-4H3,(H,29,31). The molecule has 1 heterocycles. The molecule has 3 aromatic carbocycles. The summed E-state index contributed by atoms with van der Waals surface area (Å²) >= 11 is 0. The molecule has 0 atom stereocenters. The van der Waals surface area contributed by atoms with Gasteiger partial charge in [-0.3, -0.25) is 4.79 Å². The Hall–Kier alpha value is -3.36. The first kappa shape index (κ1) is 24.3. The van der Waals surface area contributed by atoms with Gasteiger partial charge in [0, 0.05) is 19.8 Å². The number of nitrogens with zero attached hydrogens (tertiary/aromatic N) is 1. The van der Waals surface area contributed by atoms with Crippen LogP contribution in [0.5, 0.6) is 11.5 Å². The average Bonchev–Trinajstić information content (AvgIpc) is 3.55. The van der Waals surface area contributed by atoms with E-state index in [0.29, 0.717) is 28.5 Å². The Labute approximate surface area is 212 Å². The van der Waals surface area contributed by atoms with E-state index in [2.05, 4.69) is 5.32 Å². The van der Waals surface area contributed by atoms with E-state index in [1.807, 2.05) is 62.4 Å². The number of hydrogen-bond donors (Lipinski definition) is 1. The van der Waals surface area contributed by atoms with E-state index < -0.39 is 15.4 Å². The SMILES string of the molecule is CCc1cc(-c2cc(NC(=O)C3(c4ccc5c(c4)OCO5)CC3)ccc2C)ccc1S(=O)(=O)N(C)C. The molecule has 8 heteroatoms. The number of rotatable bonds is 7. The fraction of sp³-hybridized carbons (Fsp3) is 0.321. The number of ether oxygens (including phenoxy) is 2. The molecular formula is C28H30N2O5S. The smallest absolute Gasteiger partial charge is 0.242 e. The van der Waals surface area contributed by atoms with E-state index in [1.165, 1.54) is 18.4 Å². The second-order valence-corrected chi connectivity index (χ2v) is 11.7. The summed E-state index contributed by atoms with van der Waals surface area (Å²) in [6.45, 7) is 4.15. The first-order chi connectivity index (χ1) is 17.2. The molecular weight excluding hydrogens is 476 g/mol. The summed E-state index contributed by atoms with van der Waals surface area (Å²) in [5, 5.41) is 3.11. The Morgan fingerprint density at radius 1 is 1.00 bits per heavy atom. The quantitative estimate of drug-likeness (QED) is 0.494. The van der Waals surface area contributed by atoms with Crippen LogP contribution in [0.2, 0.25) is 0 Å². The van der Waals surface area contributed by atoms with Crippen LogP contribution in [0, 0.1) is 6.92 Å². The number of amides is 1. The molecule has 1 fully saturated rings. The Bertz CT molecular complexity index is 1460. The Morgan fingerprint density at radius 3 is 2.44 bits per heavy atom. The van der Waals surface area contributed by atoms with Crippen molar-refractivity contribution in [3.05, 3.63) is 71.3 Å². The minimum absolute atomic E-state index is 0.0437. The molecule has 3 aromatic rings. The van der Waals surface area contributed by atoms with Crippen molar-refractivity contribution in [2.24, 2.45) is 0 Å². The first-order valence-corrected chi connectivity index (χ1v) is 13.5. The predicted molar refractivity (Wildman–Crippen MR) is 139 cm³/mol. The predicted octanol–water partition coefficient (Wildman–Crippen LogP) is 4.87. The molecule has 36 heavy (non-hydrogen) atoms. The number of hydrogen-bond acceptors (Lipinski definition) is 5. The maximum absolute atomic E-state index is 13.4. The van der Waals surface area contributed by atoms with E-state index in [-0.39, 0.29) is 12.7 Å². The molecule has 7 nitrogen and oxygen atoms in total. The van der Waals surface area contributed by atoms with Gasteiger partial charge in [0.15, 0.2) is 11.5 Å². The highest BCUT2D eigenvalue weighted by molar-refractivity contribution is 7.89. The normalized spacial score (nSPS) is 15.7. The van der Waals surface area contributed by atoms with Crippen molar-refractivity contribution in [1.29, 1.82) is 0 Å². The zero-order valence-electron chi connectivity index (χ0n) is 20.9. The lowest BCUT2D eigenvalue weighted by atomic mass is 9.94. The number of carbonyl (C=O) groups excluding carboxylic acids is 1. The summed E-state index contributed by atoms with van der Waals surface area (Å²) in [6.07, 6.45) is 2.14. The van der Waals surface area contributed by atoms with Gasteiger partial charge in [0.05, 0.1) is 10.3 Å². The number of carbonyl (C=O) groups is 1. The van der Waals surface area contributed by atoms with Gasteiger partial charge in [0.1, 0.15) is 0 Å². The number of aryl methyl sites for hydroxylation is 2. The van der Waals surface area contributed by atoms with Crippen molar-refractivity contribution in [3.63, 3.8) is 0 Å². The van der Waals surface area contributed by atoms with Crippen molar-refractivity contribution in [2.75, 3.05) is 26.2 Å². The molecule has 0 saturated heterocycles. The highest BCUT2D eigenvalue weighted by Crippen LogP contribution is 2.51. The third kappa shape index (κ3) is 4.14. The van der Waals surface area contributed by atoms with E-state index in [4.69, 9.17) is 9.47 Å². The summed E-state index contributed by atoms with van der Waals surface area (Å²) in [5.41, 5.74) is 4.73. The number of nitrogens with one attached hydrogen (secondary N) is 1. The van der Waals surface area contributed by atoms with Crippen LogP contribution in [0.3, 0.4) is 0 Å². The van der Waals surface area contributed by atoms with Crippen molar-refractivity contribution < 1.29 is 22.7 Å². The van der Waals surface area contributed by atoms with E-state index in [9.17, 15) is 13.2 Å². The van der Waals surface area contributed by atoms with Crippen LogP contribution >= 0.6 is 0 Å². The van der Waals surface area contributed by atoms with E-state index >= 15 is 0 Å². The van der Waals surface area contributed by atoms with E-state index in [1.54, 1.807) is 6.07 Å². The van der Waals surface area contributed by atoms with Gasteiger partial charge in [-0.05, 0) is 90.4 Å². The monoisotopic (exact) mass is 506 g/mol. The first-order valence-electron chi connectivity index (χ1n) is 12.0. The molecule has 5 rings (SSSR count). The number of benzene rings is 3. The number of fused-ring (bicyclic) bond motifs is 1. The maximum atomic E-state index is 13.4. The zero-order chi connectivity index (χ0) is 25.7. The Morgan fingerprint density at radius 2 is 1.75 bits per heavy atom. The summed E-state index contributed by atoms with van der Waals surface area (Å²) < 4.78 is 37.6. The maximum Gasteiger partial charge on any atom is 0.242 e. The third-order valence-electron chi connectivity index (χ3n) is 7.12. The van der Waals surface area contributed by atoms with Gasteiger partial charge >= 0.3 is 0 Å². The van der Waals surface area contributed by atoms with Gasteiger partial charge in [0.25, 0.3) is 0 Å². The second-order valence-electron chi connectivity index (χ2n) is 9.60. The molecule has 1 aliphatic carbocycles. The number of sulfonamides is 1. The summed E-state index contributed by atoms with van der Waals surface area (Å²) in [4.78, 5) is 13.7. The number of anilines is 1. The highest BCUT2D eigenvalue weighted by atomic mass is 32.2. The molecule has 0 bridgehead atoms. The van der Waals surface area contributed by atoms with Crippen molar-refractivity contribution >= 4 is 21.6 Å². The van der Waals surface area contributed by atoms with Crippen molar-refractivity contribution in [1.82, 2.24) is 4.31 Å². The van der Waals surface area contributed by atoms with E-state index in [0.717, 1.165) is 40.7 Å². The third-order valence-corrected chi connectivity index (χ3v) is 9.03. The summed E-state index contributed by atoms with van der Waals surface area (Å²) in [5.74, 6) is 1.34. The van der Waals surface area contributed by atoms with Gasteiger partial charge in [0.2, 0.25) is 22.7 Å². The van der Waals surface area contributed by atoms with Crippen LogP contribution in [0.15, 0.2) is 59.5 Å². The fourth-order valence-corrected chi connectivity index (χ4v) is 5.87.